The van der Waals surface area contributed by atoms with Gasteiger partial charge in [0.2, 0.25) is 0 Å². The Balaban J connectivity index is 1.39. The third kappa shape index (κ3) is 2.59. The number of hydrogen-bond donors (Lipinski definition) is 0. The van der Waals surface area contributed by atoms with Gasteiger partial charge < -0.3 is 4.74 Å². The lowest BCUT2D eigenvalue weighted by atomic mass is 9.44. The lowest BCUT2D eigenvalue weighted by Crippen LogP contribution is -2.54. The van der Waals surface area contributed by atoms with Gasteiger partial charge in [-0.15, -0.1) is 0 Å². The quantitative estimate of drug-likeness (QED) is 0.604. The van der Waals surface area contributed by atoms with E-state index in [1.54, 1.807) is 6.92 Å². The lowest BCUT2D eigenvalue weighted by molar-refractivity contribution is -0.159. The van der Waals surface area contributed by atoms with Gasteiger partial charge in [-0.1, -0.05) is 13.0 Å². The Kier molecular flexibility index (Phi) is 4.11. The van der Waals surface area contributed by atoms with Crippen LogP contribution in [0.25, 0.3) is 0 Å². The maximum Gasteiger partial charge on any atom is 0.302 e. The molecule has 5 rings (SSSR count). The molecule has 0 aromatic heterocycles. The van der Waals surface area contributed by atoms with Crippen molar-refractivity contribution in [2.24, 2.45) is 40.4 Å². The van der Waals surface area contributed by atoms with Gasteiger partial charge in [-0.25, -0.2) is 0 Å². The lowest BCUT2D eigenvalue weighted by Gasteiger charge is -2.61. The monoisotopic (exact) mass is 370 g/mol. The first-order chi connectivity index (χ1) is 12.9. The second kappa shape index (κ2) is 6.19. The highest BCUT2D eigenvalue weighted by Crippen LogP contribution is 2.68. The molecule has 5 aliphatic rings. The summed E-state index contributed by atoms with van der Waals surface area (Å²) in [6.07, 6.45) is 16.4. The SMILES string of the molecule is CC(=O)O[C@@H]1CC[C@@]2(C)[C@@H](CC[C@H]3[C@@H]4CC[C@@H]5CC(=O)C=CC54CC[C@@H]32)C1. The number of ether oxygens (including phenoxy) is 1. The van der Waals surface area contributed by atoms with E-state index in [4.69, 9.17) is 4.74 Å². The topological polar surface area (TPSA) is 43.4 Å². The van der Waals surface area contributed by atoms with Gasteiger partial charge in [0, 0.05) is 13.3 Å². The molecule has 27 heavy (non-hydrogen) atoms. The van der Waals surface area contributed by atoms with Crippen LogP contribution in [0.4, 0.5) is 0 Å². The summed E-state index contributed by atoms with van der Waals surface area (Å²) in [6, 6.07) is 0. The molecule has 1 spiro atoms. The number of carbonyl (C=O) groups excluding carboxylic acids is 2. The van der Waals surface area contributed by atoms with E-state index in [0.29, 0.717) is 28.4 Å². The number of ketones is 1. The number of hydrogen-bond acceptors (Lipinski definition) is 3. The predicted molar refractivity (Wildman–Crippen MR) is 104 cm³/mol. The third-order valence-electron chi connectivity index (χ3n) is 9.74. The van der Waals surface area contributed by atoms with Crippen LogP contribution < -0.4 is 0 Å². The molecule has 0 aromatic rings. The van der Waals surface area contributed by atoms with Gasteiger partial charge in [-0.2, -0.15) is 0 Å². The molecular weight excluding hydrogens is 336 g/mol. The van der Waals surface area contributed by atoms with Gasteiger partial charge in [-0.3, -0.25) is 9.59 Å². The molecule has 8 atom stereocenters. The van der Waals surface area contributed by atoms with Crippen molar-refractivity contribution in [2.45, 2.75) is 84.2 Å². The zero-order valence-corrected chi connectivity index (χ0v) is 16.9. The van der Waals surface area contributed by atoms with Crippen LogP contribution in [0.15, 0.2) is 12.2 Å². The van der Waals surface area contributed by atoms with Crippen LogP contribution in [-0.2, 0) is 14.3 Å². The molecule has 0 heterocycles. The average Bonchev–Trinajstić information content (AvgIpc) is 3.01. The smallest absolute Gasteiger partial charge is 0.302 e. The zero-order valence-electron chi connectivity index (χ0n) is 16.9. The molecule has 0 bridgehead atoms. The summed E-state index contributed by atoms with van der Waals surface area (Å²) in [5.74, 6) is 4.04. The van der Waals surface area contributed by atoms with Gasteiger partial charge >= 0.3 is 5.97 Å². The Bertz CT molecular complexity index is 681. The van der Waals surface area contributed by atoms with Crippen LogP contribution in [-0.4, -0.2) is 17.9 Å². The molecule has 0 saturated heterocycles. The van der Waals surface area contributed by atoms with Gasteiger partial charge in [0.05, 0.1) is 0 Å². The highest BCUT2D eigenvalue weighted by Gasteiger charge is 2.61. The van der Waals surface area contributed by atoms with Crippen molar-refractivity contribution in [3.63, 3.8) is 0 Å². The van der Waals surface area contributed by atoms with Crippen LogP contribution in [0.5, 0.6) is 0 Å². The Labute approximate surface area is 163 Å². The van der Waals surface area contributed by atoms with Crippen molar-refractivity contribution in [3.05, 3.63) is 12.2 Å². The summed E-state index contributed by atoms with van der Waals surface area (Å²) in [7, 11) is 0. The van der Waals surface area contributed by atoms with E-state index in [2.05, 4.69) is 13.0 Å². The van der Waals surface area contributed by atoms with Crippen molar-refractivity contribution < 1.29 is 14.3 Å². The van der Waals surface area contributed by atoms with Crippen molar-refractivity contribution in [3.8, 4) is 0 Å². The average molecular weight is 371 g/mol. The predicted octanol–water partition coefficient (Wildman–Crippen LogP) is 5.09. The number of allylic oxidation sites excluding steroid dienone is 2. The molecule has 0 radical (unpaired) electrons. The molecule has 5 aliphatic carbocycles. The summed E-state index contributed by atoms with van der Waals surface area (Å²) in [4.78, 5) is 23.4. The third-order valence-corrected chi connectivity index (χ3v) is 9.74. The van der Waals surface area contributed by atoms with E-state index in [1.165, 1.54) is 44.9 Å². The standard InChI is InChI=1S/C24H34O3/c1-15(25)27-19-8-10-23(2)16(14-19)3-5-20-21(23)9-12-24-11-7-18(26)13-17(24)4-6-22(20)24/h7,11,16-17,19-22H,3-6,8-10,12-14H2,1-2H3/t16-,17+,19+,20+,21-,22-,23-,24?/m0/s1. The summed E-state index contributed by atoms with van der Waals surface area (Å²) < 4.78 is 5.59. The van der Waals surface area contributed by atoms with Crippen molar-refractivity contribution in [2.75, 3.05) is 0 Å². The Morgan fingerprint density at radius 3 is 2.67 bits per heavy atom. The van der Waals surface area contributed by atoms with Crippen LogP contribution in [0.3, 0.4) is 0 Å². The van der Waals surface area contributed by atoms with Crippen LogP contribution >= 0.6 is 0 Å². The van der Waals surface area contributed by atoms with E-state index in [1.807, 2.05) is 6.08 Å². The van der Waals surface area contributed by atoms with Gasteiger partial charge in [0.1, 0.15) is 6.10 Å². The second-order valence-electron chi connectivity index (χ2n) is 10.6. The molecule has 0 aliphatic heterocycles. The molecular formula is C24H34O3. The molecule has 1 unspecified atom stereocenters. The van der Waals surface area contributed by atoms with E-state index in [-0.39, 0.29) is 12.1 Å². The van der Waals surface area contributed by atoms with Gasteiger partial charge in [0.15, 0.2) is 5.78 Å². The van der Waals surface area contributed by atoms with Crippen molar-refractivity contribution in [1.29, 1.82) is 0 Å². The number of esters is 1. The van der Waals surface area contributed by atoms with E-state index >= 15 is 0 Å². The van der Waals surface area contributed by atoms with E-state index in [9.17, 15) is 9.59 Å². The normalized spacial score (nSPS) is 51.0. The molecule has 3 nitrogen and oxygen atoms in total. The minimum atomic E-state index is -0.118. The molecule has 3 heteroatoms. The molecule has 0 N–H and O–H groups in total. The number of rotatable bonds is 1. The minimum Gasteiger partial charge on any atom is -0.463 e. The Morgan fingerprint density at radius 2 is 1.85 bits per heavy atom. The summed E-state index contributed by atoms with van der Waals surface area (Å²) in [5, 5.41) is 0. The largest absolute Gasteiger partial charge is 0.463 e. The molecule has 4 fully saturated rings. The summed E-state index contributed by atoms with van der Waals surface area (Å²) in [6.45, 7) is 4.10. The Hall–Kier alpha value is -1.12. The Morgan fingerprint density at radius 1 is 1.04 bits per heavy atom. The van der Waals surface area contributed by atoms with Crippen molar-refractivity contribution in [1.82, 2.24) is 0 Å². The van der Waals surface area contributed by atoms with Crippen LogP contribution in [0.1, 0.15) is 78.1 Å². The number of fused-ring (bicyclic) bond motifs is 4. The maximum absolute atomic E-state index is 12.0. The van der Waals surface area contributed by atoms with Gasteiger partial charge in [-0.05, 0) is 104 Å². The van der Waals surface area contributed by atoms with Crippen molar-refractivity contribution >= 4 is 11.8 Å². The first kappa shape index (κ1) is 17.9. The molecule has 0 aromatic carbocycles. The highest BCUT2D eigenvalue weighted by molar-refractivity contribution is 5.91. The molecule has 4 saturated carbocycles. The van der Waals surface area contributed by atoms with E-state index in [0.717, 1.165) is 37.0 Å². The first-order valence-electron chi connectivity index (χ1n) is 11.3. The maximum atomic E-state index is 12.0. The van der Waals surface area contributed by atoms with Crippen LogP contribution in [0, 0.1) is 40.4 Å². The second-order valence-corrected chi connectivity index (χ2v) is 10.6. The number of carbonyl (C=O) groups is 2. The summed E-state index contributed by atoms with van der Waals surface area (Å²) in [5.41, 5.74) is 0.765. The zero-order chi connectivity index (χ0) is 18.8. The van der Waals surface area contributed by atoms with Crippen LogP contribution in [0.2, 0.25) is 0 Å². The minimum absolute atomic E-state index is 0.118. The molecule has 148 valence electrons. The van der Waals surface area contributed by atoms with E-state index < -0.39 is 0 Å². The first-order valence-corrected chi connectivity index (χ1v) is 11.3. The highest BCUT2D eigenvalue weighted by atomic mass is 16.5. The van der Waals surface area contributed by atoms with Gasteiger partial charge in [0.25, 0.3) is 0 Å². The summed E-state index contributed by atoms with van der Waals surface area (Å²) >= 11 is 0. The fourth-order valence-corrected chi connectivity index (χ4v) is 8.59. The fraction of sp³-hybridized carbons (Fsp3) is 0.833. The fourth-order valence-electron chi connectivity index (χ4n) is 8.59. The molecule has 0 amide bonds.